The Bertz CT molecular complexity index is 3250. The zero-order valence-corrected chi connectivity index (χ0v) is 43.0. The van der Waals surface area contributed by atoms with Gasteiger partial charge in [0.2, 0.25) is 5.91 Å². The fraction of sp³-hybridized carbons (Fsp3) is 0.404. The number of rotatable bonds is 13. The third kappa shape index (κ3) is 9.95. The van der Waals surface area contributed by atoms with Crippen molar-refractivity contribution in [2.45, 2.75) is 96.1 Å². The number of nitrogens with zero attached hydrogens (tertiary/aromatic N) is 4. The molecule has 2 bridgehead atoms. The van der Waals surface area contributed by atoms with Gasteiger partial charge in [0.1, 0.15) is 9.71 Å². The molecule has 4 atom stereocenters. The highest BCUT2D eigenvalue weighted by Crippen LogP contribution is 2.37. The van der Waals surface area contributed by atoms with E-state index in [2.05, 4.69) is 120 Å². The van der Waals surface area contributed by atoms with E-state index in [1.165, 1.54) is 68.4 Å². The maximum Gasteiger partial charge on any atom is 0.296 e. The first-order valence-electron chi connectivity index (χ1n) is 25.8. The van der Waals surface area contributed by atoms with E-state index in [9.17, 15) is 14.4 Å². The van der Waals surface area contributed by atoms with Crippen LogP contribution in [0.4, 0.5) is 11.4 Å². The van der Waals surface area contributed by atoms with E-state index >= 15 is 0 Å². The van der Waals surface area contributed by atoms with Gasteiger partial charge in [-0.05, 0) is 150 Å². The molecular weight excluding hydrogens is 937 g/mol. The lowest BCUT2D eigenvalue weighted by Crippen LogP contribution is -2.51. The first kappa shape index (κ1) is 48.0. The smallest absolute Gasteiger partial charge is 0.296 e. The lowest BCUT2D eigenvalue weighted by molar-refractivity contribution is -0.127. The van der Waals surface area contributed by atoms with Crippen molar-refractivity contribution < 1.29 is 14.4 Å². The second kappa shape index (κ2) is 20.7. The number of amides is 3. The van der Waals surface area contributed by atoms with Crippen LogP contribution in [0.3, 0.4) is 0 Å². The van der Waals surface area contributed by atoms with Crippen molar-refractivity contribution in [3.63, 3.8) is 0 Å². The third-order valence-corrected chi connectivity index (χ3v) is 17.6. The highest BCUT2D eigenvalue weighted by Gasteiger charge is 2.33. The van der Waals surface area contributed by atoms with Gasteiger partial charge in [-0.2, -0.15) is 0 Å². The van der Waals surface area contributed by atoms with Crippen LogP contribution in [0.5, 0.6) is 0 Å². The summed E-state index contributed by atoms with van der Waals surface area (Å²) in [4.78, 5) is 51.9. The summed E-state index contributed by atoms with van der Waals surface area (Å²) in [6.45, 7) is 10.7. The van der Waals surface area contributed by atoms with Crippen molar-refractivity contribution in [2.75, 3.05) is 56.9 Å². The Kier molecular flexibility index (Phi) is 13.8. The second-order valence-electron chi connectivity index (χ2n) is 20.3. The molecular formula is C57H64N10O3S2. The Labute approximate surface area is 429 Å². The Hall–Kier alpha value is -6.28. The minimum Gasteiger partial charge on any atom is -0.397 e. The predicted octanol–water partition coefficient (Wildman–Crippen LogP) is 7.74. The zero-order valence-electron chi connectivity index (χ0n) is 41.4. The molecule has 0 spiro atoms. The van der Waals surface area contributed by atoms with E-state index in [0.717, 1.165) is 98.5 Å². The van der Waals surface area contributed by atoms with Crippen molar-refractivity contribution in [3.8, 4) is 22.3 Å². The molecule has 1 aliphatic carbocycles. The van der Waals surface area contributed by atoms with Gasteiger partial charge in [-0.15, -0.1) is 22.7 Å². The second-order valence-corrected chi connectivity index (χ2v) is 22.2. The van der Waals surface area contributed by atoms with E-state index in [1.54, 1.807) is 11.3 Å². The lowest BCUT2D eigenvalue weighted by atomic mass is 9.87. The summed E-state index contributed by atoms with van der Waals surface area (Å²) >= 11 is 2.94. The summed E-state index contributed by atoms with van der Waals surface area (Å²) in [6.07, 6.45) is 6.62. The van der Waals surface area contributed by atoms with Crippen LogP contribution in [0.2, 0.25) is 0 Å². The summed E-state index contributed by atoms with van der Waals surface area (Å²) in [6, 6.07) is 27.1. The molecule has 11 rings (SSSR count). The molecule has 4 aliphatic rings. The molecule has 4 aromatic heterocycles. The number of benzene rings is 3. The number of aryl methyl sites for hydroxylation is 2. The maximum atomic E-state index is 13.7. The summed E-state index contributed by atoms with van der Waals surface area (Å²) in [5.74, 6) is 5.29. The number of thiophene rings is 2. The lowest BCUT2D eigenvalue weighted by Gasteiger charge is -2.35. The Balaban J connectivity index is 0.622. The zero-order chi connectivity index (χ0) is 49.5. The van der Waals surface area contributed by atoms with Crippen LogP contribution in [0, 0.1) is 17.8 Å². The van der Waals surface area contributed by atoms with E-state index in [4.69, 9.17) is 10.7 Å². The van der Waals surface area contributed by atoms with E-state index in [1.807, 2.05) is 31.5 Å². The minimum absolute atomic E-state index is 0.0134. The van der Waals surface area contributed by atoms with Gasteiger partial charge in [0.05, 0.1) is 17.4 Å². The molecule has 372 valence electrons. The third-order valence-electron chi connectivity index (χ3n) is 15.5. The monoisotopic (exact) mass is 1000 g/mol. The number of piperidine rings is 1. The number of nitrogen functional groups attached to an aromatic ring is 1. The normalized spacial score (nSPS) is 19.5. The number of nitrogens with two attached hydrogens (primary N) is 1. The minimum atomic E-state index is -0.316. The molecule has 7 aromatic rings. The van der Waals surface area contributed by atoms with Gasteiger partial charge in [-0.3, -0.25) is 14.4 Å². The Morgan fingerprint density at radius 3 is 2.53 bits per heavy atom. The topological polar surface area (TPSA) is 162 Å². The SMILES string of the molecule is CCn1c2ccc(CNC)cc2c2ccc(-c3cc(C#CC(=O)NCCN4CCC(C(=O)NC(C)c5ccc6c(N)c(C(=O)N[C@H]7CCc8cc(N9C[C@H]%10CC[C@@H](C9)N%10)ccc8C7)sc6n5)CC4)cs3)cc21. The van der Waals surface area contributed by atoms with Gasteiger partial charge < -0.3 is 46.7 Å². The number of piperazine rings is 1. The van der Waals surface area contributed by atoms with Crippen molar-refractivity contribution >= 4 is 83.8 Å². The highest BCUT2D eigenvalue weighted by molar-refractivity contribution is 7.21. The van der Waals surface area contributed by atoms with Crippen molar-refractivity contribution in [2.24, 2.45) is 5.92 Å². The number of likely N-dealkylation sites (tertiary alicyclic amines) is 1. The van der Waals surface area contributed by atoms with Gasteiger partial charge in [-0.25, -0.2) is 4.98 Å². The number of hydrogen-bond donors (Lipinski definition) is 6. The molecule has 3 aromatic carbocycles. The molecule has 0 saturated carbocycles. The molecule has 3 amide bonds. The van der Waals surface area contributed by atoms with Crippen LogP contribution < -0.4 is 37.2 Å². The molecule has 7 N–H and O–H groups in total. The van der Waals surface area contributed by atoms with E-state index in [0.29, 0.717) is 40.6 Å². The molecule has 3 fully saturated rings. The molecule has 72 heavy (non-hydrogen) atoms. The molecule has 0 radical (unpaired) electrons. The Morgan fingerprint density at radius 2 is 1.72 bits per heavy atom. The van der Waals surface area contributed by atoms with E-state index in [-0.39, 0.29) is 35.7 Å². The van der Waals surface area contributed by atoms with Gasteiger partial charge >= 0.3 is 0 Å². The number of aromatic nitrogens is 2. The fourth-order valence-corrected chi connectivity index (χ4v) is 13.4. The van der Waals surface area contributed by atoms with Crippen molar-refractivity contribution in [1.29, 1.82) is 0 Å². The van der Waals surface area contributed by atoms with Crippen LogP contribution in [0.1, 0.15) is 89.6 Å². The fourth-order valence-electron chi connectivity index (χ4n) is 11.6. The van der Waals surface area contributed by atoms with Crippen LogP contribution in [0.15, 0.2) is 78.2 Å². The highest BCUT2D eigenvalue weighted by atomic mass is 32.1. The van der Waals surface area contributed by atoms with Crippen LogP contribution in [0.25, 0.3) is 42.5 Å². The quantitative estimate of drug-likeness (QED) is 0.0636. The van der Waals surface area contributed by atoms with Gasteiger partial charge in [0.15, 0.2) is 0 Å². The number of anilines is 2. The first-order valence-corrected chi connectivity index (χ1v) is 27.5. The summed E-state index contributed by atoms with van der Waals surface area (Å²) < 4.78 is 2.37. The Morgan fingerprint density at radius 1 is 0.903 bits per heavy atom. The molecule has 1 unspecified atom stereocenters. The number of carbonyl (C=O) groups is 3. The number of carbonyl (C=O) groups excluding carboxylic acids is 3. The number of pyridine rings is 1. The van der Waals surface area contributed by atoms with E-state index < -0.39 is 0 Å². The van der Waals surface area contributed by atoms with Crippen LogP contribution >= 0.6 is 22.7 Å². The largest absolute Gasteiger partial charge is 0.397 e. The predicted molar refractivity (Wildman–Crippen MR) is 293 cm³/mol. The number of fused-ring (bicyclic) bond motifs is 7. The molecule has 3 aliphatic heterocycles. The van der Waals surface area contributed by atoms with Gasteiger partial charge in [0, 0.05) is 118 Å². The summed E-state index contributed by atoms with van der Waals surface area (Å²) in [5, 5.41) is 21.7. The van der Waals surface area contributed by atoms with Crippen molar-refractivity contribution in [3.05, 3.63) is 111 Å². The molecule has 7 heterocycles. The van der Waals surface area contributed by atoms with Crippen molar-refractivity contribution in [1.82, 2.24) is 41.0 Å². The van der Waals surface area contributed by atoms with Crippen LogP contribution in [-0.2, 0) is 35.5 Å². The molecule has 13 nitrogen and oxygen atoms in total. The average molecular weight is 1000 g/mol. The summed E-state index contributed by atoms with van der Waals surface area (Å²) in [7, 11) is 1.97. The number of nitrogens with one attached hydrogen (secondary N) is 5. The summed E-state index contributed by atoms with van der Waals surface area (Å²) in [5.41, 5.74) is 17.4. The maximum absolute atomic E-state index is 13.7. The van der Waals surface area contributed by atoms with Crippen LogP contribution in [-0.4, -0.2) is 96.6 Å². The van der Waals surface area contributed by atoms with Gasteiger partial charge in [0.25, 0.3) is 11.8 Å². The number of hydrogen-bond acceptors (Lipinski definition) is 11. The standard InChI is InChI=1S/C57H64N10O3S2/c1-4-67-49-17-5-35(30-59-3)25-47(49)45-14-9-40(29-50(45)67)51-26-36(33-71-51)6-18-52(68)60-21-24-65-22-19-37(20-23-65)55(69)61-34(2)48-16-15-46-53(58)54(72-57(46)64-48)56(70)63-41-10-7-39-28-44(13-8-38(39)27-41)66-31-42-11-12-43(32-66)62-42/h5,8-9,13-17,25-26,28-29,33-34,37,41-43,59,62H,4,7,10-12,19-24,27,30-32,58H2,1-3H3,(H,60,68)(H,61,69)(H,63,70)/t34?,41-,42-,43+/m0/s1. The average Bonchev–Trinajstić information content (AvgIpc) is 4.18. The molecule has 15 heteroatoms. The first-order chi connectivity index (χ1) is 35.1. The molecule has 3 saturated heterocycles. The van der Waals surface area contributed by atoms with Gasteiger partial charge in [-0.1, -0.05) is 30.2 Å².